The fraction of sp³-hybridized carbons (Fsp3) is 0.278. The van der Waals surface area contributed by atoms with Crippen LogP contribution < -0.4 is 10.1 Å². The lowest BCUT2D eigenvalue weighted by molar-refractivity contribution is -0.120. The van der Waals surface area contributed by atoms with Gasteiger partial charge in [-0.05, 0) is 43.7 Å². The lowest BCUT2D eigenvalue weighted by atomic mass is 10.1. The number of nitrogens with one attached hydrogen (secondary N) is 1. The molecule has 0 fully saturated rings. The first-order valence-corrected chi connectivity index (χ1v) is 8.14. The molecule has 0 unspecified atom stereocenters. The normalized spacial score (nSPS) is 13.2. The lowest BCUT2D eigenvalue weighted by Gasteiger charge is -2.17. The van der Waals surface area contributed by atoms with Crippen LogP contribution in [0.15, 0.2) is 59.5 Å². The van der Waals surface area contributed by atoms with E-state index in [0.717, 1.165) is 16.2 Å². The fourth-order valence-electron chi connectivity index (χ4n) is 2.07. The van der Waals surface area contributed by atoms with Gasteiger partial charge >= 0.3 is 0 Å². The Bertz CT molecular complexity index is 598. The minimum atomic E-state index is -0.153. The first kappa shape index (κ1) is 16.4. The molecule has 3 nitrogen and oxygen atoms in total. The quantitative estimate of drug-likeness (QED) is 0.817. The van der Waals surface area contributed by atoms with Crippen LogP contribution in [0.5, 0.6) is 5.75 Å². The number of carbonyl (C=O) groups is 1. The summed E-state index contributed by atoms with van der Waals surface area (Å²) in [6.45, 7) is 3.92. The molecule has 0 bridgehead atoms. The molecule has 2 aromatic carbocycles. The zero-order valence-corrected chi connectivity index (χ0v) is 13.9. The van der Waals surface area contributed by atoms with Crippen molar-refractivity contribution < 1.29 is 9.53 Å². The monoisotopic (exact) mass is 315 g/mol. The number of hydrogen-bond acceptors (Lipinski definition) is 3. The van der Waals surface area contributed by atoms with Crippen molar-refractivity contribution in [2.75, 3.05) is 7.11 Å². The van der Waals surface area contributed by atoms with Gasteiger partial charge in [-0.25, -0.2) is 0 Å². The number of methoxy groups -OCH3 is 1. The summed E-state index contributed by atoms with van der Waals surface area (Å²) in [4.78, 5) is 13.3. The van der Waals surface area contributed by atoms with Gasteiger partial charge in [-0.2, -0.15) is 0 Å². The zero-order chi connectivity index (χ0) is 15.9. The van der Waals surface area contributed by atoms with E-state index in [4.69, 9.17) is 4.74 Å². The summed E-state index contributed by atoms with van der Waals surface area (Å²) in [5.74, 6) is 0.858. The highest BCUT2D eigenvalue weighted by molar-refractivity contribution is 8.00. The van der Waals surface area contributed by atoms with Gasteiger partial charge in [0.25, 0.3) is 0 Å². The van der Waals surface area contributed by atoms with Gasteiger partial charge in [0.05, 0.1) is 18.4 Å². The maximum Gasteiger partial charge on any atom is 0.233 e. The molecule has 0 aliphatic rings. The molecular formula is C18H21NO2S. The Hall–Kier alpha value is -1.94. The number of rotatable bonds is 6. The van der Waals surface area contributed by atoms with Gasteiger partial charge in [0.15, 0.2) is 0 Å². The standard InChI is InChI=1S/C18H21NO2S/c1-13(15-7-5-4-6-8-15)19-18(20)14(2)22-17-11-9-16(21-3)10-12-17/h4-14H,1-3H3,(H,19,20)/t13-,14+/m0/s1. The molecular weight excluding hydrogens is 294 g/mol. The Balaban J connectivity index is 1.91. The van der Waals surface area contributed by atoms with E-state index < -0.39 is 0 Å². The average molecular weight is 315 g/mol. The molecule has 22 heavy (non-hydrogen) atoms. The highest BCUT2D eigenvalue weighted by Crippen LogP contribution is 2.26. The van der Waals surface area contributed by atoms with Crippen LogP contribution in [0.1, 0.15) is 25.5 Å². The number of thioether (sulfide) groups is 1. The minimum Gasteiger partial charge on any atom is -0.497 e. The van der Waals surface area contributed by atoms with Crippen molar-refractivity contribution in [1.82, 2.24) is 5.32 Å². The third-order valence-corrected chi connectivity index (χ3v) is 4.51. The lowest BCUT2D eigenvalue weighted by Crippen LogP contribution is -2.33. The van der Waals surface area contributed by atoms with E-state index in [9.17, 15) is 4.79 Å². The van der Waals surface area contributed by atoms with E-state index in [1.54, 1.807) is 18.9 Å². The number of hydrogen-bond donors (Lipinski definition) is 1. The van der Waals surface area contributed by atoms with Gasteiger partial charge in [-0.1, -0.05) is 30.3 Å². The van der Waals surface area contributed by atoms with Crippen molar-refractivity contribution in [3.8, 4) is 5.75 Å². The van der Waals surface area contributed by atoms with Crippen LogP contribution in [0.3, 0.4) is 0 Å². The number of amides is 1. The first-order valence-electron chi connectivity index (χ1n) is 7.26. The summed E-state index contributed by atoms with van der Waals surface area (Å²) in [6, 6.07) is 17.7. The van der Waals surface area contributed by atoms with Crippen LogP contribution in [-0.2, 0) is 4.79 Å². The molecule has 1 N–H and O–H groups in total. The Kier molecular flexibility index (Phi) is 5.90. The number of ether oxygens (including phenoxy) is 1. The third kappa shape index (κ3) is 4.53. The molecule has 0 heterocycles. The Morgan fingerprint density at radius 3 is 2.27 bits per heavy atom. The van der Waals surface area contributed by atoms with Crippen LogP contribution in [0, 0.1) is 0 Å². The largest absolute Gasteiger partial charge is 0.497 e. The van der Waals surface area contributed by atoms with Crippen LogP contribution in [0.4, 0.5) is 0 Å². The van der Waals surface area contributed by atoms with Crippen LogP contribution in [0.2, 0.25) is 0 Å². The summed E-state index contributed by atoms with van der Waals surface area (Å²) < 4.78 is 5.13. The molecule has 116 valence electrons. The predicted molar refractivity (Wildman–Crippen MR) is 91.3 cm³/mol. The van der Waals surface area contributed by atoms with E-state index >= 15 is 0 Å². The van der Waals surface area contributed by atoms with Crippen molar-refractivity contribution in [2.45, 2.75) is 30.0 Å². The van der Waals surface area contributed by atoms with E-state index in [2.05, 4.69) is 5.32 Å². The molecule has 4 heteroatoms. The average Bonchev–Trinajstić information content (AvgIpc) is 2.56. The zero-order valence-electron chi connectivity index (χ0n) is 13.1. The molecule has 0 saturated heterocycles. The Morgan fingerprint density at radius 2 is 1.68 bits per heavy atom. The van der Waals surface area contributed by atoms with Crippen molar-refractivity contribution in [3.63, 3.8) is 0 Å². The molecule has 0 aliphatic heterocycles. The summed E-state index contributed by atoms with van der Waals surface area (Å²) in [7, 11) is 1.64. The third-order valence-electron chi connectivity index (χ3n) is 3.40. The highest BCUT2D eigenvalue weighted by Gasteiger charge is 2.17. The molecule has 0 aromatic heterocycles. The molecule has 0 spiro atoms. The topological polar surface area (TPSA) is 38.3 Å². The first-order chi connectivity index (χ1) is 10.6. The van der Waals surface area contributed by atoms with Gasteiger partial charge in [0.2, 0.25) is 5.91 Å². The second kappa shape index (κ2) is 7.90. The molecule has 0 saturated carbocycles. The highest BCUT2D eigenvalue weighted by atomic mass is 32.2. The van der Waals surface area contributed by atoms with Gasteiger partial charge in [0.1, 0.15) is 5.75 Å². The van der Waals surface area contributed by atoms with Crippen LogP contribution in [0.25, 0.3) is 0 Å². The SMILES string of the molecule is COc1ccc(S[C@H](C)C(=O)N[C@@H](C)c2ccccc2)cc1. The maximum atomic E-state index is 12.3. The van der Waals surface area contributed by atoms with Crippen LogP contribution >= 0.6 is 11.8 Å². The maximum absolute atomic E-state index is 12.3. The number of benzene rings is 2. The van der Waals surface area contributed by atoms with Gasteiger partial charge in [-0.15, -0.1) is 11.8 Å². The second-order valence-electron chi connectivity index (χ2n) is 5.08. The molecule has 2 rings (SSSR count). The van der Waals surface area contributed by atoms with Crippen molar-refractivity contribution in [3.05, 3.63) is 60.2 Å². The molecule has 2 atom stereocenters. The molecule has 2 aromatic rings. The van der Waals surface area contributed by atoms with Crippen LogP contribution in [-0.4, -0.2) is 18.3 Å². The second-order valence-corrected chi connectivity index (χ2v) is 6.49. The minimum absolute atomic E-state index is 0.00705. The van der Waals surface area contributed by atoms with Gasteiger partial charge in [-0.3, -0.25) is 4.79 Å². The summed E-state index contributed by atoms with van der Waals surface area (Å²) in [5.41, 5.74) is 1.11. The van der Waals surface area contributed by atoms with E-state index in [-0.39, 0.29) is 17.2 Å². The Morgan fingerprint density at radius 1 is 1.05 bits per heavy atom. The number of carbonyl (C=O) groups excluding carboxylic acids is 1. The molecule has 0 radical (unpaired) electrons. The molecule has 0 aliphatic carbocycles. The summed E-state index contributed by atoms with van der Waals surface area (Å²) in [6.07, 6.45) is 0. The fourth-order valence-corrected chi connectivity index (χ4v) is 2.94. The Labute approximate surface area is 136 Å². The van der Waals surface area contributed by atoms with Crippen molar-refractivity contribution in [1.29, 1.82) is 0 Å². The molecule has 1 amide bonds. The van der Waals surface area contributed by atoms with Gasteiger partial charge < -0.3 is 10.1 Å². The smallest absolute Gasteiger partial charge is 0.233 e. The summed E-state index contributed by atoms with van der Waals surface area (Å²) >= 11 is 1.54. The van der Waals surface area contributed by atoms with E-state index in [0.29, 0.717) is 0 Å². The van der Waals surface area contributed by atoms with Crippen molar-refractivity contribution >= 4 is 17.7 Å². The van der Waals surface area contributed by atoms with E-state index in [1.165, 1.54) is 0 Å². The summed E-state index contributed by atoms with van der Waals surface area (Å²) in [5, 5.41) is 2.90. The predicted octanol–water partition coefficient (Wildman–Crippen LogP) is 4.05. The van der Waals surface area contributed by atoms with E-state index in [1.807, 2.05) is 68.4 Å². The van der Waals surface area contributed by atoms with Gasteiger partial charge in [0, 0.05) is 4.90 Å². The van der Waals surface area contributed by atoms with Crippen molar-refractivity contribution in [2.24, 2.45) is 0 Å².